The molecule has 0 saturated carbocycles. The number of rotatable bonds is 21. The molecule has 4 nitrogen and oxygen atoms in total. The van der Waals surface area contributed by atoms with Crippen molar-refractivity contribution in [2.45, 2.75) is 137 Å². The second-order valence-electron chi connectivity index (χ2n) is 8.62. The Hall–Kier alpha value is -1.32. The summed E-state index contributed by atoms with van der Waals surface area (Å²) in [5.41, 5.74) is 1.13. The van der Waals surface area contributed by atoms with Gasteiger partial charge in [0.1, 0.15) is 0 Å². The molecule has 0 aliphatic carbocycles. The van der Waals surface area contributed by atoms with Gasteiger partial charge in [0, 0.05) is 11.1 Å². The van der Waals surface area contributed by atoms with Crippen LogP contribution in [0.1, 0.15) is 137 Å². The van der Waals surface area contributed by atoms with Crippen LogP contribution in [0.15, 0.2) is 11.1 Å². The smallest absolute Gasteiger partial charge is 0.334 e. The minimum atomic E-state index is -0.313. The second kappa shape index (κ2) is 21.9. The molecule has 0 aromatic rings. The van der Waals surface area contributed by atoms with E-state index in [1.807, 2.05) is 0 Å². The van der Waals surface area contributed by atoms with Crippen molar-refractivity contribution in [1.29, 1.82) is 0 Å². The minimum absolute atomic E-state index is 0.310. The maximum absolute atomic E-state index is 12.9. The Balaban J connectivity index is 5.12. The van der Waals surface area contributed by atoms with Gasteiger partial charge in [0.05, 0.1) is 13.2 Å². The van der Waals surface area contributed by atoms with Gasteiger partial charge in [-0.2, -0.15) is 0 Å². The Morgan fingerprint density at radius 3 is 1.19 bits per heavy atom. The molecule has 0 rings (SSSR count). The molecule has 0 fully saturated rings. The van der Waals surface area contributed by atoms with Crippen LogP contribution in [0.5, 0.6) is 0 Å². The van der Waals surface area contributed by atoms with E-state index in [9.17, 15) is 9.59 Å². The molecule has 182 valence electrons. The van der Waals surface area contributed by atoms with E-state index in [2.05, 4.69) is 27.7 Å². The Kier molecular flexibility index (Phi) is 21.0. The summed E-state index contributed by atoms with van der Waals surface area (Å²) >= 11 is 0. The average molecular weight is 439 g/mol. The molecule has 0 amide bonds. The van der Waals surface area contributed by atoms with Crippen LogP contribution < -0.4 is 0 Å². The van der Waals surface area contributed by atoms with Crippen LogP contribution in [-0.2, 0) is 19.1 Å². The van der Waals surface area contributed by atoms with Gasteiger partial charge in [-0.15, -0.1) is 0 Å². The number of unbranched alkanes of at least 4 members (excludes halogenated alkanes) is 11. The van der Waals surface area contributed by atoms with Crippen molar-refractivity contribution in [2.24, 2.45) is 0 Å². The van der Waals surface area contributed by atoms with Crippen LogP contribution >= 0.6 is 0 Å². The number of ether oxygens (including phenoxy) is 2. The maximum atomic E-state index is 12.9. The standard InChI is InChI=1S/C27H50O4/c1-5-9-13-14-15-16-17-19-21-25(27(29)31-23-12-8-4)24(20-18-10-6-2)26(28)30-22-11-7-3/h5-23H2,1-4H3. The van der Waals surface area contributed by atoms with E-state index in [4.69, 9.17) is 9.47 Å². The summed E-state index contributed by atoms with van der Waals surface area (Å²) in [4.78, 5) is 25.7. The number of carbonyl (C=O) groups is 2. The molecule has 0 spiro atoms. The summed E-state index contributed by atoms with van der Waals surface area (Å²) < 4.78 is 11.0. The zero-order valence-electron chi connectivity index (χ0n) is 21.1. The molecule has 0 unspecified atom stereocenters. The first kappa shape index (κ1) is 29.7. The fraction of sp³-hybridized carbons (Fsp3) is 0.852. The third-order valence-electron chi connectivity index (χ3n) is 5.63. The second-order valence-corrected chi connectivity index (χ2v) is 8.62. The predicted molar refractivity (Wildman–Crippen MR) is 130 cm³/mol. The molecular formula is C27H50O4. The highest BCUT2D eigenvalue weighted by atomic mass is 16.5. The molecule has 0 aromatic heterocycles. The third kappa shape index (κ3) is 16.0. The number of esters is 2. The predicted octanol–water partition coefficient (Wildman–Crippen LogP) is 8.08. The van der Waals surface area contributed by atoms with Gasteiger partial charge in [-0.1, -0.05) is 98.3 Å². The van der Waals surface area contributed by atoms with Crippen molar-refractivity contribution in [3.05, 3.63) is 11.1 Å². The fourth-order valence-electron chi connectivity index (χ4n) is 3.53. The summed E-state index contributed by atoms with van der Waals surface area (Å²) in [6.45, 7) is 9.37. The number of hydrogen-bond donors (Lipinski definition) is 0. The van der Waals surface area contributed by atoms with Crippen LogP contribution in [-0.4, -0.2) is 25.2 Å². The van der Waals surface area contributed by atoms with Crippen molar-refractivity contribution >= 4 is 11.9 Å². The molecule has 0 aliphatic rings. The van der Waals surface area contributed by atoms with Gasteiger partial charge >= 0.3 is 11.9 Å². The molecule has 0 N–H and O–H groups in total. The van der Waals surface area contributed by atoms with E-state index >= 15 is 0 Å². The molecule has 4 heteroatoms. The lowest BCUT2D eigenvalue weighted by molar-refractivity contribution is -0.142. The molecule has 0 bridgehead atoms. The van der Waals surface area contributed by atoms with Gasteiger partial charge in [0.25, 0.3) is 0 Å². The fourth-order valence-corrected chi connectivity index (χ4v) is 3.53. The quantitative estimate of drug-likeness (QED) is 0.103. The number of hydrogen-bond acceptors (Lipinski definition) is 4. The van der Waals surface area contributed by atoms with Crippen LogP contribution in [0.4, 0.5) is 0 Å². The van der Waals surface area contributed by atoms with Gasteiger partial charge in [0.15, 0.2) is 0 Å². The van der Waals surface area contributed by atoms with E-state index in [-0.39, 0.29) is 11.9 Å². The topological polar surface area (TPSA) is 52.6 Å². The zero-order chi connectivity index (χ0) is 23.2. The van der Waals surface area contributed by atoms with Crippen molar-refractivity contribution < 1.29 is 19.1 Å². The van der Waals surface area contributed by atoms with Crippen LogP contribution in [0.3, 0.4) is 0 Å². The van der Waals surface area contributed by atoms with Crippen molar-refractivity contribution in [3.8, 4) is 0 Å². The van der Waals surface area contributed by atoms with Crippen molar-refractivity contribution in [1.82, 2.24) is 0 Å². The highest BCUT2D eigenvalue weighted by Gasteiger charge is 2.23. The summed E-state index contributed by atoms with van der Waals surface area (Å²) in [6.07, 6.45) is 17.5. The van der Waals surface area contributed by atoms with Gasteiger partial charge in [-0.25, -0.2) is 9.59 Å². The first-order valence-corrected chi connectivity index (χ1v) is 13.2. The van der Waals surface area contributed by atoms with E-state index < -0.39 is 0 Å². The molecule has 0 saturated heterocycles. The molecule has 0 radical (unpaired) electrons. The summed E-state index contributed by atoms with van der Waals surface area (Å²) in [5.74, 6) is -0.623. The van der Waals surface area contributed by atoms with Gasteiger partial charge in [0.2, 0.25) is 0 Å². The molecule has 0 atom stereocenters. The first-order chi connectivity index (χ1) is 15.1. The normalized spacial score (nSPS) is 11.9. The van der Waals surface area contributed by atoms with Crippen LogP contribution in [0.25, 0.3) is 0 Å². The third-order valence-corrected chi connectivity index (χ3v) is 5.63. The lowest BCUT2D eigenvalue weighted by atomic mass is 9.96. The summed E-state index contributed by atoms with van der Waals surface area (Å²) in [5, 5.41) is 0. The molecular weight excluding hydrogens is 388 g/mol. The summed E-state index contributed by atoms with van der Waals surface area (Å²) in [7, 11) is 0. The Morgan fingerprint density at radius 1 is 0.452 bits per heavy atom. The van der Waals surface area contributed by atoms with E-state index in [0.717, 1.165) is 57.8 Å². The van der Waals surface area contributed by atoms with Crippen LogP contribution in [0, 0.1) is 0 Å². The van der Waals surface area contributed by atoms with E-state index in [1.54, 1.807) is 0 Å². The monoisotopic (exact) mass is 438 g/mol. The largest absolute Gasteiger partial charge is 0.462 e. The zero-order valence-corrected chi connectivity index (χ0v) is 21.1. The highest BCUT2D eigenvalue weighted by Crippen LogP contribution is 2.23. The highest BCUT2D eigenvalue weighted by molar-refractivity contribution is 6.00. The maximum Gasteiger partial charge on any atom is 0.334 e. The minimum Gasteiger partial charge on any atom is -0.462 e. The lowest BCUT2D eigenvalue weighted by Crippen LogP contribution is -2.18. The van der Waals surface area contributed by atoms with Gasteiger partial charge in [-0.05, 0) is 38.5 Å². The molecule has 0 aromatic carbocycles. The average Bonchev–Trinajstić information content (AvgIpc) is 2.76. The molecule has 0 heterocycles. The van der Waals surface area contributed by atoms with Crippen molar-refractivity contribution in [3.63, 3.8) is 0 Å². The summed E-state index contributed by atoms with van der Waals surface area (Å²) in [6, 6.07) is 0. The van der Waals surface area contributed by atoms with E-state index in [1.165, 1.54) is 38.5 Å². The van der Waals surface area contributed by atoms with Gasteiger partial charge < -0.3 is 9.47 Å². The lowest BCUT2D eigenvalue weighted by Gasteiger charge is -2.15. The number of carbonyl (C=O) groups excluding carboxylic acids is 2. The van der Waals surface area contributed by atoms with Crippen molar-refractivity contribution in [2.75, 3.05) is 13.2 Å². The Morgan fingerprint density at radius 2 is 0.774 bits per heavy atom. The molecule has 31 heavy (non-hydrogen) atoms. The SMILES string of the molecule is CCCCCCCCCCC(C(=O)OCCCC)=C(CCCCC)C(=O)OCCCC. The van der Waals surface area contributed by atoms with Gasteiger partial charge in [-0.3, -0.25) is 0 Å². The molecule has 0 aliphatic heterocycles. The Labute approximate surface area is 192 Å². The van der Waals surface area contributed by atoms with E-state index in [0.29, 0.717) is 37.2 Å². The van der Waals surface area contributed by atoms with Crippen LogP contribution in [0.2, 0.25) is 0 Å². The Bertz CT molecular complexity index is 482. The first-order valence-electron chi connectivity index (χ1n) is 13.2.